The smallest absolute Gasteiger partial charge is 0.368 e. The summed E-state index contributed by atoms with van der Waals surface area (Å²) in [5, 5.41) is 9.98. The number of thiazole rings is 1. The number of aryl methyl sites for hydroxylation is 2. The Morgan fingerprint density at radius 2 is 1.93 bits per heavy atom. The van der Waals surface area contributed by atoms with Crippen molar-refractivity contribution in [2.24, 2.45) is 4.99 Å². The van der Waals surface area contributed by atoms with E-state index in [1.54, 1.807) is 18.4 Å². The number of nitrogens with one attached hydrogen (secondary N) is 3. The lowest BCUT2D eigenvalue weighted by Gasteiger charge is -2.14. The molecule has 2 heterocycles. The monoisotopic (exact) mass is 400 g/mol. The van der Waals surface area contributed by atoms with E-state index in [9.17, 15) is 13.2 Å². The van der Waals surface area contributed by atoms with Gasteiger partial charge in [-0.15, -0.1) is 11.3 Å². The number of alkyl halides is 3. The zero-order valence-corrected chi connectivity index (χ0v) is 16.3. The standard InChI is InChI=1S/C17H23F3N6S/c1-11-12(2)27-14(26-11)6-8-24-16(21-3)25-10-9-23-15-13(17(18,19)20)5-4-7-22-15/h4-5,7H,6,8-10H2,1-3H3,(H,22,23)(H2,21,24,25). The van der Waals surface area contributed by atoms with Gasteiger partial charge in [-0.3, -0.25) is 4.99 Å². The Morgan fingerprint density at radius 1 is 1.19 bits per heavy atom. The van der Waals surface area contributed by atoms with Gasteiger partial charge in [0.15, 0.2) is 5.96 Å². The molecule has 10 heteroatoms. The summed E-state index contributed by atoms with van der Waals surface area (Å²) in [5.41, 5.74) is 0.276. The normalized spacial score (nSPS) is 12.1. The van der Waals surface area contributed by atoms with Crippen molar-refractivity contribution in [2.45, 2.75) is 26.4 Å². The Labute approximate surface area is 160 Å². The van der Waals surface area contributed by atoms with Gasteiger partial charge in [0, 0.05) is 44.2 Å². The number of hydrogen-bond acceptors (Lipinski definition) is 5. The SMILES string of the molecule is CN=C(NCCNc1ncccc1C(F)(F)F)NCCc1nc(C)c(C)s1. The number of hydrogen-bond donors (Lipinski definition) is 3. The van der Waals surface area contributed by atoms with E-state index in [1.165, 1.54) is 17.1 Å². The number of aromatic nitrogens is 2. The molecule has 2 rings (SSSR count). The summed E-state index contributed by atoms with van der Waals surface area (Å²) in [6.07, 6.45) is -2.33. The first kappa shape index (κ1) is 20.9. The maximum Gasteiger partial charge on any atom is 0.419 e. The van der Waals surface area contributed by atoms with Crippen LogP contribution in [0.2, 0.25) is 0 Å². The molecular weight excluding hydrogens is 377 g/mol. The van der Waals surface area contributed by atoms with Crippen molar-refractivity contribution < 1.29 is 13.2 Å². The molecule has 0 aliphatic carbocycles. The molecular formula is C17H23F3N6S. The fourth-order valence-electron chi connectivity index (χ4n) is 2.29. The average molecular weight is 400 g/mol. The molecule has 0 aliphatic heterocycles. The summed E-state index contributed by atoms with van der Waals surface area (Å²) in [7, 11) is 1.64. The molecule has 0 saturated heterocycles. The van der Waals surface area contributed by atoms with E-state index in [0.29, 0.717) is 19.0 Å². The molecule has 0 unspecified atom stereocenters. The lowest BCUT2D eigenvalue weighted by molar-refractivity contribution is -0.137. The molecule has 3 N–H and O–H groups in total. The van der Waals surface area contributed by atoms with Crippen LogP contribution >= 0.6 is 11.3 Å². The molecule has 27 heavy (non-hydrogen) atoms. The van der Waals surface area contributed by atoms with Crippen LogP contribution in [0, 0.1) is 13.8 Å². The van der Waals surface area contributed by atoms with Gasteiger partial charge >= 0.3 is 6.18 Å². The van der Waals surface area contributed by atoms with Gasteiger partial charge in [-0.25, -0.2) is 9.97 Å². The van der Waals surface area contributed by atoms with E-state index in [4.69, 9.17) is 0 Å². The molecule has 0 saturated carbocycles. The van der Waals surface area contributed by atoms with E-state index >= 15 is 0 Å². The third-order valence-electron chi connectivity index (χ3n) is 3.75. The van der Waals surface area contributed by atoms with Crippen LogP contribution in [-0.4, -0.2) is 42.6 Å². The van der Waals surface area contributed by atoms with Crippen LogP contribution in [0.5, 0.6) is 0 Å². The van der Waals surface area contributed by atoms with E-state index in [1.807, 2.05) is 13.8 Å². The zero-order valence-electron chi connectivity index (χ0n) is 15.4. The predicted molar refractivity (Wildman–Crippen MR) is 102 cm³/mol. The highest BCUT2D eigenvalue weighted by atomic mass is 32.1. The van der Waals surface area contributed by atoms with Gasteiger partial charge in [-0.2, -0.15) is 13.2 Å². The first-order valence-corrected chi connectivity index (χ1v) is 9.26. The number of rotatable bonds is 7. The largest absolute Gasteiger partial charge is 0.419 e. The summed E-state index contributed by atoms with van der Waals surface area (Å²) in [6.45, 7) is 5.36. The van der Waals surface area contributed by atoms with Crippen LogP contribution < -0.4 is 16.0 Å². The molecule has 6 nitrogen and oxygen atoms in total. The summed E-state index contributed by atoms with van der Waals surface area (Å²) in [6, 6.07) is 2.27. The van der Waals surface area contributed by atoms with Crippen molar-refractivity contribution in [3.05, 3.63) is 39.5 Å². The van der Waals surface area contributed by atoms with Crippen LogP contribution in [0.1, 0.15) is 21.1 Å². The van der Waals surface area contributed by atoms with E-state index < -0.39 is 11.7 Å². The highest BCUT2D eigenvalue weighted by Crippen LogP contribution is 2.33. The van der Waals surface area contributed by atoms with Gasteiger partial charge in [0.1, 0.15) is 5.82 Å². The Morgan fingerprint density at radius 3 is 2.56 bits per heavy atom. The fourth-order valence-corrected chi connectivity index (χ4v) is 3.22. The van der Waals surface area contributed by atoms with Crippen molar-refractivity contribution in [3.63, 3.8) is 0 Å². The average Bonchev–Trinajstić information content (AvgIpc) is 2.94. The predicted octanol–water partition coefficient (Wildman–Crippen LogP) is 2.99. The van der Waals surface area contributed by atoms with Crippen LogP contribution in [0.25, 0.3) is 0 Å². The van der Waals surface area contributed by atoms with Crippen LogP contribution in [0.15, 0.2) is 23.3 Å². The molecule has 0 aliphatic rings. The van der Waals surface area contributed by atoms with E-state index in [2.05, 4.69) is 30.9 Å². The highest BCUT2D eigenvalue weighted by molar-refractivity contribution is 7.11. The molecule has 2 aromatic rings. The number of guanidine groups is 1. The van der Waals surface area contributed by atoms with Gasteiger partial charge in [0.2, 0.25) is 0 Å². The first-order chi connectivity index (χ1) is 12.8. The van der Waals surface area contributed by atoms with Crippen molar-refractivity contribution in [3.8, 4) is 0 Å². The maximum atomic E-state index is 12.9. The minimum absolute atomic E-state index is 0.177. The lowest BCUT2D eigenvalue weighted by atomic mass is 10.2. The fraction of sp³-hybridized carbons (Fsp3) is 0.471. The van der Waals surface area contributed by atoms with Crippen LogP contribution in [0.3, 0.4) is 0 Å². The minimum Gasteiger partial charge on any atom is -0.368 e. The Hall–Kier alpha value is -2.36. The highest BCUT2D eigenvalue weighted by Gasteiger charge is 2.33. The van der Waals surface area contributed by atoms with E-state index in [-0.39, 0.29) is 12.4 Å². The van der Waals surface area contributed by atoms with Crippen molar-refractivity contribution >= 4 is 23.1 Å². The lowest BCUT2D eigenvalue weighted by Crippen LogP contribution is -2.40. The molecule has 0 aromatic carbocycles. The maximum absolute atomic E-state index is 12.9. The quantitative estimate of drug-likeness (QED) is 0.379. The third kappa shape index (κ3) is 6.38. The van der Waals surface area contributed by atoms with Gasteiger partial charge in [-0.05, 0) is 26.0 Å². The summed E-state index contributed by atoms with van der Waals surface area (Å²) >= 11 is 1.68. The molecule has 148 valence electrons. The molecule has 0 radical (unpaired) electrons. The topological polar surface area (TPSA) is 74.2 Å². The molecule has 0 bridgehead atoms. The molecule has 0 atom stereocenters. The van der Waals surface area contributed by atoms with Gasteiger partial charge < -0.3 is 16.0 Å². The van der Waals surface area contributed by atoms with Crippen LogP contribution in [0.4, 0.5) is 19.0 Å². The Kier molecular flexibility index (Phi) is 7.40. The second-order valence-electron chi connectivity index (χ2n) is 5.75. The Balaban J connectivity index is 1.74. The second kappa shape index (κ2) is 9.54. The number of aliphatic imine (C=N–C) groups is 1. The first-order valence-electron chi connectivity index (χ1n) is 8.44. The number of pyridine rings is 1. The molecule has 0 spiro atoms. The molecule has 0 amide bonds. The summed E-state index contributed by atoms with van der Waals surface area (Å²) < 4.78 is 38.8. The van der Waals surface area contributed by atoms with Gasteiger partial charge in [0.05, 0.1) is 16.3 Å². The Bertz CT molecular complexity index is 753. The van der Waals surface area contributed by atoms with Crippen LogP contribution in [-0.2, 0) is 12.6 Å². The number of nitrogens with zero attached hydrogens (tertiary/aromatic N) is 3. The van der Waals surface area contributed by atoms with Gasteiger partial charge in [0.25, 0.3) is 0 Å². The molecule has 2 aromatic heterocycles. The van der Waals surface area contributed by atoms with Crippen molar-refractivity contribution in [2.75, 3.05) is 32.0 Å². The summed E-state index contributed by atoms with van der Waals surface area (Å²) in [5.74, 6) is 0.406. The second-order valence-corrected chi connectivity index (χ2v) is 7.04. The van der Waals surface area contributed by atoms with E-state index in [0.717, 1.165) is 23.2 Å². The number of halogens is 3. The minimum atomic E-state index is -4.44. The summed E-state index contributed by atoms with van der Waals surface area (Å²) in [4.78, 5) is 13.6. The third-order valence-corrected chi connectivity index (χ3v) is 4.88. The zero-order chi connectivity index (χ0) is 19.9. The van der Waals surface area contributed by atoms with Crippen molar-refractivity contribution in [1.82, 2.24) is 20.6 Å². The van der Waals surface area contributed by atoms with Crippen molar-refractivity contribution in [1.29, 1.82) is 0 Å². The van der Waals surface area contributed by atoms with Gasteiger partial charge in [-0.1, -0.05) is 0 Å². The molecule has 0 fully saturated rings. The number of anilines is 1.